The van der Waals surface area contributed by atoms with Crippen LogP contribution >= 0.6 is 0 Å². The highest BCUT2D eigenvalue weighted by molar-refractivity contribution is 5.71. The van der Waals surface area contributed by atoms with Crippen LogP contribution in [0.25, 0.3) is 0 Å². The Bertz CT molecular complexity index is 346. The minimum atomic E-state index is -0.654. The lowest BCUT2D eigenvalue weighted by Gasteiger charge is -2.17. The molecule has 0 spiro atoms. The molecule has 0 radical (unpaired) electrons. The standard InChI is InChI=1S/C15H26O9/c1-4-21-13(16)9-19-7-12(24-11-15(18)23-6-3)8-20-10-14(17)22-5-2/h12H,4-11H2,1-3H3. The van der Waals surface area contributed by atoms with Crippen LogP contribution in [-0.2, 0) is 42.8 Å². The van der Waals surface area contributed by atoms with E-state index in [2.05, 4.69) is 0 Å². The van der Waals surface area contributed by atoms with Crippen molar-refractivity contribution in [3.05, 3.63) is 0 Å². The Morgan fingerprint density at radius 3 is 1.42 bits per heavy atom. The number of hydrogen-bond acceptors (Lipinski definition) is 9. The Morgan fingerprint density at radius 2 is 1.04 bits per heavy atom. The van der Waals surface area contributed by atoms with E-state index >= 15 is 0 Å². The first-order chi connectivity index (χ1) is 11.5. The number of esters is 3. The van der Waals surface area contributed by atoms with E-state index in [9.17, 15) is 14.4 Å². The third-order valence-corrected chi connectivity index (χ3v) is 2.40. The number of hydrogen-bond donors (Lipinski definition) is 0. The van der Waals surface area contributed by atoms with Crippen LogP contribution in [0.15, 0.2) is 0 Å². The molecular formula is C15H26O9. The summed E-state index contributed by atoms with van der Waals surface area (Å²) in [5.41, 5.74) is 0. The predicted octanol–water partition coefficient (Wildman–Crippen LogP) is 0.0941. The van der Waals surface area contributed by atoms with Gasteiger partial charge in [0.1, 0.15) is 25.9 Å². The lowest BCUT2D eigenvalue weighted by molar-refractivity contribution is -0.160. The molecule has 0 heterocycles. The molecule has 0 aliphatic heterocycles. The fourth-order valence-electron chi connectivity index (χ4n) is 1.49. The van der Waals surface area contributed by atoms with Gasteiger partial charge >= 0.3 is 17.9 Å². The maximum absolute atomic E-state index is 11.3. The van der Waals surface area contributed by atoms with E-state index < -0.39 is 24.0 Å². The molecule has 0 aliphatic rings. The molecule has 0 aromatic rings. The summed E-state index contributed by atoms with van der Waals surface area (Å²) in [7, 11) is 0. The number of rotatable bonds is 14. The Hall–Kier alpha value is -1.71. The summed E-state index contributed by atoms with van der Waals surface area (Å²) in [5.74, 6) is -1.54. The van der Waals surface area contributed by atoms with Gasteiger partial charge in [-0.15, -0.1) is 0 Å². The summed E-state index contributed by atoms with van der Waals surface area (Å²) in [6, 6.07) is 0. The number of carbonyl (C=O) groups is 3. The van der Waals surface area contributed by atoms with Crippen LogP contribution in [0.4, 0.5) is 0 Å². The van der Waals surface area contributed by atoms with Crippen LogP contribution < -0.4 is 0 Å². The number of ether oxygens (including phenoxy) is 6. The van der Waals surface area contributed by atoms with E-state index in [1.54, 1.807) is 20.8 Å². The predicted molar refractivity (Wildman–Crippen MR) is 81.3 cm³/mol. The zero-order chi connectivity index (χ0) is 18.2. The van der Waals surface area contributed by atoms with Gasteiger partial charge in [0.2, 0.25) is 0 Å². The van der Waals surface area contributed by atoms with Gasteiger partial charge in [-0.05, 0) is 20.8 Å². The van der Waals surface area contributed by atoms with Crippen LogP contribution in [0.3, 0.4) is 0 Å². The van der Waals surface area contributed by atoms with Crippen LogP contribution in [0.5, 0.6) is 0 Å². The van der Waals surface area contributed by atoms with Crippen molar-refractivity contribution in [1.29, 1.82) is 0 Å². The van der Waals surface area contributed by atoms with Crippen molar-refractivity contribution >= 4 is 17.9 Å². The molecule has 9 heteroatoms. The quantitative estimate of drug-likeness (QED) is 0.318. The number of carbonyl (C=O) groups excluding carboxylic acids is 3. The minimum Gasteiger partial charge on any atom is -0.464 e. The van der Waals surface area contributed by atoms with Crippen molar-refractivity contribution in [2.45, 2.75) is 26.9 Å². The van der Waals surface area contributed by atoms with Gasteiger partial charge in [-0.25, -0.2) is 14.4 Å². The topological polar surface area (TPSA) is 107 Å². The molecule has 0 fully saturated rings. The molecule has 0 bridgehead atoms. The highest BCUT2D eigenvalue weighted by atomic mass is 16.6. The zero-order valence-corrected chi connectivity index (χ0v) is 14.4. The van der Waals surface area contributed by atoms with Gasteiger partial charge < -0.3 is 28.4 Å². The molecule has 0 rings (SSSR count). The molecule has 140 valence electrons. The lowest BCUT2D eigenvalue weighted by Crippen LogP contribution is -2.31. The van der Waals surface area contributed by atoms with Crippen LogP contribution in [0.2, 0.25) is 0 Å². The van der Waals surface area contributed by atoms with Gasteiger partial charge in [0.15, 0.2) is 0 Å². The fraction of sp³-hybridized carbons (Fsp3) is 0.800. The van der Waals surface area contributed by atoms with Crippen molar-refractivity contribution in [1.82, 2.24) is 0 Å². The van der Waals surface area contributed by atoms with Crippen LogP contribution in [0.1, 0.15) is 20.8 Å². The van der Waals surface area contributed by atoms with Crippen LogP contribution in [-0.4, -0.2) is 76.9 Å². The van der Waals surface area contributed by atoms with E-state index in [-0.39, 0.29) is 52.9 Å². The van der Waals surface area contributed by atoms with E-state index in [0.717, 1.165) is 0 Å². The summed E-state index contributed by atoms with van der Waals surface area (Å²) >= 11 is 0. The average molecular weight is 350 g/mol. The largest absolute Gasteiger partial charge is 0.464 e. The molecule has 0 unspecified atom stereocenters. The van der Waals surface area contributed by atoms with E-state index in [4.69, 9.17) is 28.4 Å². The highest BCUT2D eigenvalue weighted by Crippen LogP contribution is 1.98. The Morgan fingerprint density at radius 1 is 0.667 bits per heavy atom. The molecule has 0 aliphatic carbocycles. The van der Waals surface area contributed by atoms with Gasteiger partial charge in [0, 0.05) is 0 Å². The second-order valence-corrected chi connectivity index (χ2v) is 4.38. The highest BCUT2D eigenvalue weighted by Gasteiger charge is 2.15. The first-order valence-electron chi connectivity index (χ1n) is 7.77. The van der Waals surface area contributed by atoms with Gasteiger partial charge in [-0.1, -0.05) is 0 Å². The summed E-state index contributed by atoms with van der Waals surface area (Å²) in [6.07, 6.45) is -0.654. The first-order valence-corrected chi connectivity index (χ1v) is 7.77. The van der Waals surface area contributed by atoms with E-state index in [0.29, 0.717) is 0 Å². The first kappa shape index (κ1) is 22.3. The molecule has 0 N–H and O–H groups in total. The Kier molecular flexibility index (Phi) is 13.8. The minimum absolute atomic E-state index is 0.0129. The summed E-state index contributed by atoms with van der Waals surface area (Å²) in [4.78, 5) is 33.7. The molecular weight excluding hydrogens is 324 g/mol. The maximum Gasteiger partial charge on any atom is 0.332 e. The van der Waals surface area contributed by atoms with Gasteiger partial charge in [0.25, 0.3) is 0 Å². The molecule has 24 heavy (non-hydrogen) atoms. The normalized spacial score (nSPS) is 10.5. The van der Waals surface area contributed by atoms with Gasteiger partial charge in [-0.3, -0.25) is 0 Å². The van der Waals surface area contributed by atoms with Crippen LogP contribution in [0, 0.1) is 0 Å². The van der Waals surface area contributed by atoms with Crippen molar-refractivity contribution in [3.8, 4) is 0 Å². The van der Waals surface area contributed by atoms with Gasteiger partial charge in [0.05, 0.1) is 33.0 Å². The summed E-state index contributed by atoms with van der Waals surface area (Å²) < 4.78 is 29.8. The molecule has 0 saturated heterocycles. The second-order valence-electron chi connectivity index (χ2n) is 4.38. The molecule has 0 amide bonds. The molecule has 0 aromatic carbocycles. The fourth-order valence-corrected chi connectivity index (χ4v) is 1.49. The zero-order valence-electron chi connectivity index (χ0n) is 14.4. The van der Waals surface area contributed by atoms with Gasteiger partial charge in [-0.2, -0.15) is 0 Å². The molecule has 0 atom stereocenters. The summed E-state index contributed by atoms with van der Waals surface area (Å²) in [5, 5.41) is 0. The molecule has 0 saturated carbocycles. The Labute approximate surface area is 141 Å². The van der Waals surface area contributed by atoms with E-state index in [1.165, 1.54) is 0 Å². The summed E-state index contributed by atoms with van der Waals surface area (Å²) in [6.45, 7) is 5.01. The maximum atomic E-state index is 11.3. The molecule has 9 nitrogen and oxygen atoms in total. The van der Waals surface area contributed by atoms with Crippen molar-refractivity contribution in [2.24, 2.45) is 0 Å². The Balaban J connectivity index is 4.19. The molecule has 0 aromatic heterocycles. The third kappa shape index (κ3) is 12.8. The monoisotopic (exact) mass is 350 g/mol. The van der Waals surface area contributed by atoms with Crippen molar-refractivity contribution in [2.75, 3.05) is 52.9 Å². The third-order valence-electron chi connectivity index (χ3n) is 2.40. The smallest absolute Gasteiger partial charge is 0.332 e. The van der Waals surface area contributed by atoms with E-state index in [1.807, 2.05) is 0 Å². The second kappa shape index (κ2) is 14.9. The average Bonchev–Trinajstić information content (AvgIpc) is 2.53. The SMILES string of the molecule is CCOC(=O)COCC(COCC(=O)OCC)OCC(=O)OCC. The van der Waals surface area contributed by atoms with Crippen molar-refractivity contribution < 1.29 is 42.8 Å². The lowest BCUT2D eigenvalue weighted by atomic mass is 10.4. The van der Waals surface area contributed by atoms with Crippen molar-refractivity contribution in [3.63, 3.8) is 0 Å².